The molecule has 0 bridgehead atoms. The molecule has 2 nitrogen and oxygen atoms in total. The zero-order valence-corrected chi connectivity index (χ0v) is 8.03. The van der Waals surface area contributed by atoms with Crippen LogP contribution < -0.4 is 0 Å². The van der Waals surface area contributed by atoms with Gasteiger partial charge in [0.15, 0.2) is 0 Å². The minimum Gasteiger partial charge on any atom is -0.391 e. The molecule has 0 unspecified atom stereocenters. The average Bonchev–Trinajstić information content (AvgIpc) is 2.84. The topological polar surface area (TPSA) is 32.8 Å². The first-order valence-electron chi connectivity index (χ1n) is 4.28. The molecular weight excluding hydrogens is 188 g/mol. The van der Waals surface area contributed by atoms with Gasteiger partial charge in [0.25, 0.3) is 0 Å². The molecule has 1 aliphatic heterocycles. The van der Waals surface area contributed by atoms with E-state index in [0.717, 1.165) is 5.56 Å². The van der Waals surface area contributed by atoms with Crippen molar-refractivity contribution in [2.75, 3.05) is 0 Å². The summed E-state index contributed by atoms with van der Waals surface area (Å²) < 4.78 is 5.31. The van der Waals surface area contributed by atoms with Crippen LogP contribution in [0.5, 0.6) is 0 Å². The number of epoxide rings is 1. The third kappa shape index (κ3) is 1.70. The van der Waals surface area contributed by atoms with Gasteiger partial charge in [-0.1, -0.05) is 29.8 Å². The van der Waals surface area contributed by atoms with Crippen LogP contribution in [0.15, 0.2) is 24.3 Å². The molecule has 2 rings (SSSR count). The molecule has 0 saturated carbocycles. The lowest BCUT2D eigenvalue weighted by Crippen LogP contribution is -2.09. The van der Waals surface area contributed by atoms with Crippen LogP contribution >= 0.6 is 11.6 Å². The monoisotopic (exact) mass is 198 g/mol. The number of rotatable bonds is 2. The van der Waals surface area contributed by atoms with Crippen molar-refractivity contribution < 1.29 is 9.84 Å². The van der Waals surface area contributed by atoms with Gasteiger partial charge < -0.3 is 9.84 Å². The molecule has 0 amide bonds. The molecule has 1 aromatic carbocycles. The second-order valence-electron chi connectivity index (χ2n) is 3.28. The maximum absolute atomic E-state index is 9.25. The fourth-order valence-corrected chi connectivity index (χ4v) is 1.69. The fraction of sp³-hybridized carbons (Fsp3) is 0.400. The van der Waals surface area contributed by atoms with E-state index in [9.17, 15) is 5.11 Å². The number of hydrogen-bond acceptors (Lipinski definition) is 2. The van der Waals surface area contributed by atoms with Crippen LogP contribution in [0.1, 0.15) is 18.6 Å². The molecule has 1 saturated heterocycles. The Kier molecular flexibility index (Phi) is 2.28. The predicted octanol–water partition coefficient (Wildman–Crippen LogP) is 2.16. The number of aliphatic hydroxyl groups is 1. The summed E-state index contributed by atoms with van der Waals surface area (Å²) in [6.07, 6.45) is -0.533. The Labute approximate surface area is 82.1 Å². The normalized spacial score (nSPS) is 28.5. The summed E-state index contributed by atoms with van der Waals surface area (Å²) in [5.41, 5.74) is 0.968. The van der Waals surface area contributed by atoms with Crippen molar-refractivity contribution in [3.63, 3.8) is 0 Å². The van der Waals surface area contributed by atoms with Gasteiger partial charge in [-0.2, -0.15) is 0 Å². The maximum Gasteiger partial charge on any atom is 0.114 e. The van der Waals surface area contributed by atoms with Crippen molar-refractivity contribution in [1.29, 1.82) is 0 Å². The Balaban J connectivity index is 2.16. The zero-order valence-electron chi connectivity index (χ0n) is 7.27. The number of benzene rings is 1. The van der Waals surface area contributed by atoms with Crippen molar-refractivity contribution in [3.8, 4) is 0 Å². The Morgan fingerprint density at radius 3 is 2.69 bits per heavy atom. The molecule has 0 aromatic heterocycles. The number of halogens is 1. The van der Waals surface area contributed by atoms with E-state index in [1.165, 1.54) is 0 Å². The van der Waals surface area contributed by atoms with Crippen molar-refractivity contribution in [2.24, 2.45) is 0 Å². The SMILES string of the molecule is C[C@@H](O)[C@@H]1O[C@H]1c1ccccc1Cl. The van der Waals surface area contributed by atoms with Gasteiger partial charge in [0, 0.05) is 10.6 Å². The van der Waals surface area contributed by atoms with E-state index < -0.39 is 6.10 Å². The maximum atomic E-state index is 9.25. The third-order valence-corrected chi connectivity index (χ3v) is 2.56. The summed E-state index contributed by atoms with van der Waals surface area (Å²) >= 11 is 5.97. The second kappa shape index (κ2) is 3.29. The van der Waals surface area contributed by atoms with Crippen LogP contribution in [0.25, 0.3) is 0 Å². The smallest absolute Gasteiger partial charge is 0.114 e. The average molecular weight is 199 g/mol. The highest BCUT2D eigenvalue weighted by Crippen LogP contribution is 2.43. The molecule has 1 aromatic rings. The lowest BCUT2D eigenvalue weighted by Gasteiger charge is -2.00. The van der Waals surface area contributed by atoms with Crippen molar-refractivity contribution >= 4 is 11.6 Å². The molecule has 1 fully saturated rings. The molecule has 3 heteroatoms. The highest BCUT2D eigenvalue weighted by atomic mass is 35.5. The van der Waals surface area contributed by atoms with Crippen molar-refractivity contribution in [1.82, 2.24) is 0 Å². The van der Waals surface area contributed by atoms with E-state index in [0.29, 0.717) is 5.02 Å². The summed E-state index contributed by atoms with van der Waals surface area (Å²) in [5, 5.41) is 9.95. The van der Waals surface area contributed by atoms with E-state index in [4.69, 9.17) is 16.3 Å². The van der Waals surface area contributed by atoms with Crippen molar-refractivity contribution in [3.05, 3.63) is 34.9 Å². The van der Waals surface area contributed by atoms with E-state index >= 15 is 0 Å². The van der Waals surface area contributed by atoms with E-state index in [1.54, 1.807) is 6.92 Å². The predicted molar refractivity (Wildman–Crippen MR) is 50.7 cm³/mol. The molecule has 0 radical (unpaired) electrons. The zero-order chi connectivity index (χ0) is 9.42. The number of ether oxygens (including phenoxy) is 1. The molecule has 0 aliphatic carbocycles. The first-order chi connectivity index (χ1) is 6.20. The van der Waals surface area contributed by atoms with Crippen LogP contribution in [0.3, 0.4) is 0 Å². The summed E-state index contributed by atoms with van der Waals surface area (Å²) in [5.74, 6) is 0. The number of hydrogen-bond donors (Lipinski definition) is 1. The van der Waals surface area contributed by atoms with Crippen LogP contribution in [-0.4, -0.2) is 17.3 Å². The highest BCUT2D eigenvalue weighted by Gasteiger charge is 2.44. The Morgan fingerprint density at radius 2 is 2.15 bits per heavy atom. The Hall–Kier alpha value is -0.570. The van der Waals surface area contributed by atoms with E-state index in [2.05, 4.69) is 0 Å². The molecule has 0 spiro atoms. The molecule has 1 aliphatic rings. The van der Waals surface area contributed by atoms with Crippen molar-refractivity contribution in [2.45, 2.75) is 25.2 Å². The van der Waals surface area contributed by atoms with Gasteiger partial charge in [-0.05, 0) is 13.0 Å². The van der Waals surface area contributed by atoms with Gasteiger partial charge in [-0.3, -0.25) is 0 Å². The Bertz CT molecular complexity index is 312. The molecule has 13 heavy (non-hydrogen) atoms. The van der Waals surface area contributed by atoms with Crippen LogP contribution in [0.4, 0.5) is 0 Å². The molecule has 1 heterocycles. The lowest BCUT2D eigenvalue weighted by molar-refractivity contribution is 0.152. The van der Waals surface area contributed by atoms with Gasteiger partial charge in [0.1, 0.15) is 12.2 Å². The molecule has 1 N–H and O–H groups in total. The minimum atomic E-state index is -0.429. The van der Waals surface area contributed by atoms with Crippen LogP contribution in [-0.2, 0) is 4.74 Å². The summed E-state index contributed by atoms with van der Waals surface area (Å²) in [6.45, 7) is 1.72. The summed E-state index contributed by atoms with van der Waals surface area (Å²) in [6, 6.07) is 7.56. The van der Waals surface area contributed by atoms with E-state index in [1.807, 2.05) is 24.3 Å². The van der Waals surface area contributed by atoms with E-state index in [-0.39, 0.29) is 12.2 Å². The number of aliphatic hydroxyl groups excluding tert-OH is 1. The van der Waals surface area contributed by atoms with Gasteiger partial charge >= 0.3 is 0 Å². The van der Waals surface area contributed by atoms with Gasteiger partial charge in [-0.25, -0.2) is 0 Å². The van der Waals surface area contributed by atoms with Gasteiger partial charge in [-0.15, -0.1) is 0 Å². The molecular formula is C10H11ClO2. The van der Waals surface area contributed by atoms with Gasteiger partial charge in [0.05, 0.1) is 6.10 Å². The first-order valence-corrected chi connectivity index (χ1v) is 4.66. The quantitative estimate of drug-likeness (QED) is 0.739. The van der Waals surface area contributed by atoms with Crippen LogP contribution in [0.2, 0.25) is 5.02 Å². The standard InChI is InChI=1S/C10H11ClO2/c1-6(12)9-10(13-9)7-4-2-3-5-8(7)11/h2-6,9-10,12H,1H3/t6-,9+,10+/m1/s1. The van der Waals surface area contributed by atoms with Crippen LogP contribution in [0, 0.1) is 0 Å². The highest BCUT2D eigenvalue weighted by molar-refractivity contribution is 6.31. The molecule has 3 atom stereocenters. The lowest BCUT2D eigenvalue weighted by atomic mass is 10.1. The minimum absolute atomic E-state index is 0.0197. The van der Waals surface area contributed by atoms with Gasteiger partial charge in [0.2, 0.25) is 0 Å². The molecule has 70 valence electrons. The largest absolute Gasteiger partial charge is 0.391 e. The summed E-state index contributed by atoms with van der Waals surface area (Å²) in [4.78, 5) is 0. The first kappa shape index (κ1) is 9.00. The third-order valence-electron chi connectivity index (χ3n) is 2.21. The second-order valence-corrected chi connectivity index (χ2v) is 3.69. The Morgan fingerprint density at radius 1 is 1.46 bits per heavy atom. The summed E-state index contributed by atoms with van der Waals surface area (Å²) in [7, 11) is 0. The fourth-order valence-electron chi connectivity index (χ4n) is 1.45.